The summed E-state index contributed by atoms with van der Waals surface area (Å²) in [6, 6.07) is 0.227. The van der Waals surface area contributed by atoms with E-state index >= 15 is 0 Å². The number of amides is 2. The van der Waals surface area contributed by atoms with Gasteiger partial charge in [0.15, 0.2) is 11.6 Å². The van der Waals surface area contributed by atoms with E-state index in [1.807, 2.05) is 23.0 Å². The third kappa shape index (κ3) is 2.88. The lowest BCUT2D eigenvalue weighted by Gasteiger charge is -2.62. The Balaban J connectivity index is 0.857. The number of nitrogens with zero attached hydrogens (tertiary/aromatic N) is 6. The number of hydrogen-bond acceptors (Lipinski definition) is 5. The van der Waals surface area contributed by atoms with Crippen LogP contribution in [0.5, 0.6) is 5.75 Å². The molecule has 0 bridgehead atoms. The number of aryl methyl sites for hydroxylation is 1. The quantitative estimate of drug-likeness (QED) is 0.814. The van der Waals surface area contributed by atoms with Crippen LogP contribution < -0.4 is 4.74 Å². The van der Waals surface area contributed by atoms with Crippen LogP contribution in [0, 0.1) is 10.8 Å². The summed E-state index contributed by atoms with van der Waals surface area (Å²) in [7, 11) is 1.90. The number of carbonyl (C=O) groups excluding carboxylic acids is 1. The molecule has 0 radical (unpaired) electrons. The molecule has 1 N–H and O–H groups in total. The third-order valence-electron chi connectivity index (χ3n) is 8.16. The van der Waals surface area contributed by atoms with Crippen molar-refractivity contribution in [2.75, 3.05) is 26.2 Å². The Labute approximate surface area is 181 Å². The topological polar surface area (TPSA) is 92.2 Å². The van der Waals surface area contributed by atoms with Crippen LogP contribution in [0.15, 0.2) is 12.4 Å². The Morgan fingerprint density at radius 1 is 1.06 bits per heavy atom. The van der Waals surface area contributed by atoms with Crippen molar-refractivity contribution in [1.29, 1.82) is 0 Å². The highest BCUT2D eigenvalue weighted by Gasteiger charge is 2.59. The summed E-state index contributed by atoms with van der Waals surface area (Å²) >= 11 is 0. The summed E-state index contributed by atoms with van der Waals surface area (Å²) in [4.78, 5) is 21.6. The minimum atomic E-state index is 0.227. The Morgan fingerprint density at radius 3 is 2.35 bits per heavy atom. The van der Waals surface area contributed by atoms with E-state index < -0.39 is 0 Å². The predicted octanol–water partition coefficient (Wildman–Crippen LogP) is 2.26. The largest absolute Gasteiger partial charge is 0.487 e. The Bertz CT molecular complexity index is 1010. The fourth-order valence-corrected chi connectivity index (χ4v) is 6.33. The van der Waals surface area contributed by atoms with Gasteiger partial charge >= 0.3 is 6.03 Å². The first-order valence-electron chi connectivity index (χ1n) is 11.6. The van der Waals surface area contributed by atoms with Crippen molar-refractivity contribution in [2.24, 2.45) is 17.9 Å². The van der Waals surface area contributed by atoms with E-state index in [0.29, 0.717) is 17.3 Å². The van der Waals surface area contributed by atoms with Crippen molar-refractivity contribution in [3.05, 3.63) is 24.0 Å². The lowest BCUT2D eigenvalue weighted by Crippen LogP contribution is -2.71. The number of hydrogen-bond donors (Lipinski definition) is 1. The summed E-state index contributed by atoms with van der Waals surface area (Å²) in [6.45, 7) is 3.56. The first-order valence-corrected chi connectivity index (χ1v) is 11.6. The zero-order valence-electron chi connectivity index (χ0n) is 18.0. The van der Waals surface area contributed by atoms with Crippen molar-refractivity contribution >= 4 is 6.03 Å². The van der Waals surface area contributed by atoms with Crippen LogP contribution in [0.2, 0.25) is 0 Å². The first kappa shape index (κ1) is 18.0. The highest BCUT2D eigenvalue weighted by Crippen LogP contribution is 2.56. The normalized spacial score (nSPS) is 26.4. The Morgan fingerprint density at radius 2 is 1.74 bits per heavy atom. The summed E-state index contributed by atoms with van der Waals surface area (Å²) in [5.74, 6) is 4.01. The molecule has 9 heteroatoms. The van der Waals surface area contributed by atoms with Crippen LogP contribution in [-0.4, -0.2) is 73.1 Å². The van der Waals surface area contributed by atoms with Crippen LogP contribution in [0.1, 0.15) is 62.0 Å². The second-order valence-electron chi connectivity index (χ2n) is 11.0. The van der Waals surface area contributed by atoms with Gasteiger partial charge in [0, 0.05) is 55.9 Å². The van der Waals surface area contributed by atoms with Gasteiger partial charge in [0.2, 0.25) is 0 Å². The number of ether oxygens (including phenoxy) is 1. The molecular formula is C22H29N7O2. The molecule has 0 atom stereocenters. The third-order valence-corrected chi connectivity index (χ3v) is 8.16. The SMILES string of the molecule is Cn1cc(OC2CC3(C2)CN(C(=O)N2CC4(CC(c5n[nH]c(C6CC6)n5)C4)C2)C3)cn1. The van der Waals surface area contributed by atoms with Crippen LogP contribution in [-0.2, 0) is 7.05 Å². The molecule has 5 fully saturated rings. The lowest BCUT2D eigenvalue weighted by atomic mass is 9.57. The second kappa shape index (κ2) is 6.01. The van der Waals surface area contributed by atoms with Crippen molar-refractivity contribution in [1.82, 2.24) is 34.8 Å². The number of likely N-dealkylation sites (tertiary alicyclic amines) is 2. The molecule has 0 unspecified atom stereocenters. The van der Waals surface area contributed by atoms with Crippen molar-refractivity contribution in [2.45, 2.75) is 56.5 Å². The number of aromatic nitrogens is 5. The van der Waals surface area contributed by atoms with Gasteiger partial charge in [-0.05, 0) is 38.5 Å². The van der Waals surface area contributed by atoms with Gasteiger partial charge in [-0.1, -0.05) is 0 Å². The van der Waals surface area contributed by atoms with Gasteiger partial charge in [-0.3, -0.25) is 9.78 Å². The van der Waals surface area contributed by atoms with Gasteiger partial charge in [0.1, 0.15) is 11.9 Å². The first-order chi connectivity index (χ1) is 15.0. The van der Waals surface area contributed by atoms with E-state index in [9.17, 15) is 4.79 Å². The summed E-state index contributed by atoms with van der Waals surface area (Å²) < 4.78 is 7.74. The maximum atomic E-state index is 12.9. The van der Waals surface area contributed by atoms with Gasteiger partial charge in [-0.2, -0.15) is 10.2 Å². The van der Waals surface area contributed by atoms with Gasteiger partial charge in [0.05, 0.1) is 12.4 Å². The number of nitrogens with one attached hydrogen (secondary N) is 1. The molecule has 4 heterocycles. The van der Waals surface area contributed by atoms with Crippen molar-refractivity contribution in [3.8, 4) is 5.75 Å². The molecule has 2 amide bonds. The standard InChI is InChI=1S/C22H29N7O2/c1-27-9-17(8-23-27)31-16-6-22(7-16)12-29(13-22)20(30)28-10-21(11-28)4-15(5-21)19-24-18(25-26-19)14-2-3-14/h8-9,14-16H,2-7,10-13H2,1H3,(H,24,25,26). The number of rotatable bonds is 4. The molecule has 9 nitrogen and oxygen atoms in total. The molecule has 7 rings (SSSR count). The smallest absolute Gasteiger partial charge is 0.320 e. The van der Waals surface area contributed by atoms with Crippen LogP contribution >= 0.6 is 0 Å². The summed E-state index contributed by atoms with van der Waals surface area (Å²) in [5.41, 5.74) is 0.611. The fraction of sp³-hybridized carbons (Fsp3) is 0.727. The number of H-pyrrole nitrogens is 1. The maximum Gasteiger partial charge on any atom is 0.320 e. The zero-order valence-corrected chi connectivity index (χ0v) is 18.0. The van der Waals surface area contributed by atoms with E-state index in [2.05, 4.69) is 15.3 Å². The van der Waals surface area contributed by atoms with E-state index in [0.717, 1.165) is 69.3 Å². The molecule has 31 heavy (non-hydrogen) atoms. The van der Waals surface area contributed by atoms with E-state index in [-0.39, 0.29) is 17.6 Å². The van der Waals surface area contributed by atoms with Crippen LogP contribution in [0.25, 0.3) is 0 Å². The average molecular weight is 424 g/mol. The molecule has 2 saturated heterocycles. The molecule has 3 saturated carbocycles. The minimum Gasteiger partial charge on any atom is -0.487 e. The van der Waals surface area contributed by atoms with Gasteiger partial charge in [-0.15, -0.1) is 0 Å². The van der Waals surface area contributed by atoms with Gasteiger partial charge < -0.3 is 14.5 Å². The zero-order chi connectivity index (χ0) is 20.8. The van der Waals surface area contributed by atoms with Gasteiger partial charge in [0.25, 0.3) is 0 Å². The van der Waals surface area contributed by atoms with Crippen LogP contribution in [0.4, 0.5) is 4.79 Å². The minimum absolute atomic E-state index is 0.227. The Kier molecular flexibility index (Phi) is 3.50. The predicted molar refractivity (Wildman–Crippen MR) is 111 cm³/mol. The van der Waals surface area contributed by atoms with Crippen molar-refractivity contribution < 1.29 is 9.53 Å². The monoisotopic (exact) mass is 423 g/mol. The molecule has 2 aliphatic heterocycles. The number of carbonyl (C=O) groups is 1. The summed E-state index contributed by atoms with van der Waals surface area (Å²) in [5, 5.41) is 11.7. The lowest BCUT2D eigenvalue weighted by molar-refractivity contribution is -0.117. The highest BCUT2D eigenvalue weighted by atomic mass is 16.5. The average Bonchev–Trinajstić information content (AvgIpc) is 3.21. The van der Waals surface area contributed by atoms with E-state index in [1.165, 1.54) is 12.8 Å². The van der Waals surface area contributed by atoms with E-state index in [4.69, 9.17) is 9.72 Å². The molecule has 5 aliphatic rings. The fourth-order valence-electron chi connectivity index (χ4n) is 6.33. The molecule has 0 aromatic carbocycles. The number of aromatic amines is 1. The summed E-state index contributed by atoms with van der Waals surface area (Å²) in [6.07, 6.45) is 10.7. The maximum absolute atomic E-state index is 12.9. The number of urea groups is 1. The highest BCUT2D eigenvalue weighted by molar-refractivity contribution is 5.77. The van der Waals surface area contributed by atoms with Gasteiger partial charge in [-0.25, -0.2) is 9.78 Å². The van der Waals surface area contributed by atoms with E-state index in [1.54, 1.807) is 10.9 Å². The molecular weight excluding hydrogens is 394 g/mol. The van der Waals surface area contributed by atoms with Crippen LogP contribution in [0.3, 0.4) is 0 Å². The van der Waals surface area contributed by atoms with Crippen molar-refractivity contribution in [3.63, 3.8) is 0 Å². The molecule has 3 aliphatic carbocycles. The molecule has 2 aromatic rings. The second-order valence-corrected chi connectivity index (χ2v) is 11.0. The Hall–Kier alpha value is -2.58. The molecule has 2 spiro atoms. The molecule has 164 valence electrons. The molecule has 2 aromatic heterocycles.